The summed E-state index contributed by atoms with van der Waals surface area (Å²) in [6.07, 6.45) is -0.0697. The fourth-order valence-corrected chi connectivity index (χ4v) is 2.66. The van der Waals surface area contributed by atoms with E-state index in [1.54, 1.807) is 14.1 Å². The number of halogens is 1. The van der Waals surface area contributed by atoms with Crippen LogP contribution >= 0.6 is 24.0 Å². The Labute approximate surface area is 197 Å². The molecule has 1 amide bonds. The average molecular weight is 524 g/mol. The summed E-state index contributed by atoms with van der Waals surface area (Å²) in [5, 5.41) is 6.67. The molecule has 0 bridgehead atoms. The molecule has 7 heteroatoms. The summed E-state index contributed by atoms with van der Waals surface area (Å²) in [7, 11) is 3.45. The lowest BCUT2D eigenvalue weighted by Crippen LogP contribution is -2.43. The number of likely N-dealkylation sites (N-methyl/N-ethyl adjacent to an activating group) is 1. The van der Waals surface area contributed by atoms with Crippen LogP contribution in [0.25, 0.3) is 0 Å². The van der Waals surface area contributed by atoms with E-state index in [1.807, 2.05) is 56.3 Å². The number of aliphatic imine (C=N–C) groups is 1. The van der Waals surface area contributed by atoms with Gasteiger partial charge in [-0.15, -0.1) is 24.0 Å². The second kappa shape index (κ2) is 13.1. The standard InChI is InChI=1S/C23H32N4O2.HI/c1-17-11-9-10-14-21(17)29-18(2)15-24-23(25-16-22(28)27(4)5)26-19(3)20-12-7-6-8-13-20;/h6-14,18-19H,15-16H2,1-5H3,(H2,24,25,26);1H. The highest BCUT2D eigenvalue weighted by Crippen LogP contribution is 2.17. The predicted molar refractivity (Wildman–Crippen MR) is 134 cm³/mol. The summed E-state index contributed by atoms with van der Waals surface area (Å²) in [4.78, 5) is 17.9. The Bertz CT molecular complexity index is 812. The van der Waals surface area contributed by atoms with E-state index in [2.05, 4.69) is 34.7 Å². The van der Waals surface area contributed by atoms with Crippen LogP contribution in [0.3, 0.4) is 0 Å². The summed E-state index contributed by atoms with van der Waals surface area (Å²) in [5.41, 5.74) is 2.24. The second-order valence-corrected chi connectivity index (χ2v) is 7.30. The number of rotatable bonds is 8. The average Bonchev–Trinajstić information content (AvgIpc) is 2.71. The fourth-order valence-electron chi connectivity index (χ4n) is 2.66. The van der Waals surface area contributed by atoms with Crippen molar-refractivity contribution in [3.8, 4) is 5.75 Å². The van der Waals surface area contributed by atoms with Gasteiger partial charge in [0.15, 0.2) is 5.96 Å². The van der Waals surface area contributed by atoms with Gasteiger partial charge in [-0.1, -0.05) is 48.5 Å². The largest absolute Gasteiger partial charge is 0.489 e. The van der Waals surface area contributed by atoms with Gasteiger partial charge < -0.3 is 20.3 Å². The Kier molecular flexibility index (Phi) is 11.2. The van der Waals surface area contributed by atoms with Crippen LogP contribution < -0.4 is 15.4 Å². The molecule has 30 heavy (non-hydrogen) atoms. The number of para-hydroxylation sites is 1. The monoisotopic (exact) mass is 524 g/mol. The van der Waals surface area contributed by atoms with Crippen molar-refractivity contribution < 1.29 is 9.53 Å². The number of ether oxygens (including phenoxy) is 1. The maximum atomic E-state index is 12.0. The first kappa shape index (κ1) is 25.7. The summed E-state index contributed by atoms with van der Waals surface area (Å²) in [6.45, 7) is 6.73. The molecule has 2 unspecified atom stereocenters. The van der Waals surface area contributed by atoms with E-state index in [1.165, 1.54) is 4.90 Å². The number of benzene rings is 2. The molecule has 2 aromatic carbocycles. The number of hydrogen-bond acceptors (Lipinski definition) is 3. The highest BCUT2D eigenvalue weighted by Gasteiger charge is 2.12. The zero-order chi connectivity index (χ0) is 21.2. The number of amides is 1. The first-order valence-electron chi connectivity index (χ1n) is 9.89. The van der Waals surface area contributed by atoms with Crippen molar-refractivity contribution in [2.24, 2.45) is 4.99 Å². The molecule has 0 radical (unpaired) electrons. The van der Waals surface area contributed by atoms with E-state index in [0.29, 0.717) is 12.5 Å². The lowest BCUT2D eigenvalue weighted by molar-refractivity contribution is -0.127. The van der Waals surface area contributed by atoms with Gasteiger partial charge in [-0.2, -0.15) is 0 Å². The molecule has 0 spiro atoms. The molecule has 6 nitrogen and oxygen atoms in total. The van der Waals surface area contributed by atoms with Gasteiger partial charge >= 0.3 is 0 Å². The topological polar surface area (TPSA) is 66.0 Å². The Morgan fingerprint density at radius 2 is 1.70 bits per heavy atom. The highest BCUT2D eigenvalue weighted by molar-refractivity contribution is 14.0. The molecule has 0 aliphatic rings. The van der Waals surface area contributed by atoms with Crippen molar-refractivity contribution in [3.63, 3.8) is 0 Å². The van der Waals surface area contributed by atoms with Gasteiger partial charge in [0, 0.05) is 14.1 Å². The smallest absolute Gasteiger partial charge is 0.243 e. The van der Waals surface area contributed by atoms with Crippen molar-refractivity contribution in [3.05, 3.63) is 65.7 Å². The third-order valence-electron chi connectivity index (χ3n) is 4.50. The molecule has 0 saturated carbocycles. The first-order valence-corrected chi connectivity index (χ1v) is 9.89. The molecule has 0 saturated heterocycles. The number of nitrogens with one attached hydrogen (secondary N) is 2. The zero-order valence-electron chi connectivity index (χ0n) is 18.4. The minimum atomic E-state index is -0.0697. The molecule has 0 fully saturated rings. The molecule has 2 N–H and O–H groups in total. The van der Waals surface area contributed by atoms with Gasteiger partial charge in [-0.3, -0.25) is 4.79 Å². The van der Waals surface area contributed by atoms with Crippen LogP contribution in [0.15, 0.2) is 59.6 Å². The van der Waals surface area contributed by atoms with E-state index in [4.69, 9.17) is 4.74 Å². The van der Waals surface area contributed by atoms with E-state index in [-0.39, 0.29) is 48.6 Å². The van der Waals surface area contributed by atoms with Gasteiger partial charge in [0.05, 0.1) is 12.6 Å². The Morgan fingerprint density at radius 3 is 2.33 bits per heavy atom. The lowest BCUT2D eigenvalue weighted by Gasteiger charge is -2.22. The predicted octanol–water partition coefficient (Wildman–Crippen LogP) is 3.76. The van der Waals surface area contributed by atoms with Crippen LogP contribution in [-0.2, 0) is 4.79 Å². The van der Waals surface area contributed by atoms with Crippen molar-refractivity contribution in [2.45, 2.75) is 32.9 Å². The number of aryl methyl sites for hydroxylation is 1. The maximum absolute atomic E-state index is 12.0. The molecule has 0 heterocycles. The van der Waals surface area contributed by atoms with Crippen LogP contribution in [-0.4, -0.2) is 50.1 Å². The van der Waals surface area contributed by atoms with E-state index in [9.17, 15) is 4.79 Å². The van der Waals surface area contributed by atoms with Crippen LogP contribution in [0, 0.1) is 6.92 Å². The Balaban J connectivity index is 0.00000450. The summed E-state index contributed by atoms with van der Waals surface area (Å²) < 4.78 is 6.03. The summed E-state index contributed by atoms with van der Waals surface area (Å²) in [5.74, 6) is 1.40. The summed E-state index contributed by atoms with van der Waals surface area (Å²) >= 11 is 0. The van der Waals surface area contributed by atoms with Crippen LogP contribution in [0.4, 0.5) is 0 Å². The fraction of sp³-hybridized carbons (Fsp3) is 0.391. The number of guanidine groups is 1. The molecule has 0 aliphatic heterocycles. The SMILES string of the molecule is Cc1ccccc1OC(C)CNC(=NCC(=O)N(C)C)NC(C)c1ccccc1.I. The molecule has 0 aliphatic carbocycles. The van der Waals surface area contributed by atoms with E-state index < -0.39 is 0 Å². The van der Waals surface area contributed by atoms with Crippen LogP contribution in [0.5, 0.6) is 5.75 Å². The zero-order valence-corrected chi connectivity index (χ0v) is 20.7. The van der Waals surface area contributed by atoms with E-state index >= 15 is 0 Å². The lowest BCUT2D eigenvalue weighted by atomic mass is 10.1. The molecule has 2 atom stereocenters. The van der Waals surface area contributed by atoms with Crippen molar-refractivity contribution in [1.29, 1.82) is 0 Å². The minimum absolute atomic E-state index is 0. The molecular weight excluding hydrogens is 491 g/mol. The first-order chi connectivity index (χ1) is 13.9. The number of nitrogens with zero attached hydrogens (tertiary/aromatic N) is 2. The maximum Gasteiger partial charge on any atom is 0.243 e. The van der Waals surface area contributed by atoms with Crippen molar-refractivity contribution in [2.75, 3.05) is 27.2 Å². The van der Waals surface area contributed by atoms with Gasteiger partial charge in [-0.25, -0.2) is 4.99 Å². The van der Waals surface area contributed by atoms with Gasteiger partial charge in [0.25, 0.3) is 0 Å². The van der Waals surface area contributed by atoms with Gasteiger partial charge in [0.2, 0.25) is 5.91 Å². The second-order valence-electron chi connectivity index (χ2n) is 7.30. The minimum Gasteiger partial charge on any atom is -0.489 e. The summed E-state index contributed by atoms with van der Waals surface area (Å²) in [6, 6.07) is 18.1. The highest BCUT2D eigenvalue weighted by atomic mass is 127. The quantitative estimate of drug-likeness (QED) is 0.314. The molecule has 0 aromatic heterocycles. The Morgan fingerprint density at radius 1 is 1.07 bits per heavy atom. The molecule has 2 aromatic rings. The number of carbonyl (C=O) groups excluding carboxylic acids is 1. The third-order valence-corrected chi connectivity index (χ3v) is 4.50. The van der Waals surface area contributed by atoms with E-state index in [0.717, 1.165) is 16.9 Å². The van der Waals surface area contributed by atoms with Gasteiger partial charge in [0.1, 0.15) is 18.4 Å². The molecular formula is C23H33IN4O2. The van der Waals surface area contributed by atoms with Crippen LogP contribution in [0.2, 0.25) is 0 Å². The van der Waals surface area contributed by atoms with Crippen molar-refractivity contribution in [1.82, 2.24) is 15.5 Å². The van der Waals surface area contributed by atoms with Crippen LogP contribution in [0.1, 0.15) is 31.0 Å². The normalized spacial score (nSPS) is 12.9. The Hall–Kier alpha value is -2.29. The third kappa shape index (κ3) is 8.61. The number of hydrogen-bond donors (Lipinski definition) is 2. The van der Waals surface area contributed by atoms with Crippen molar-refractivity contribution >= 4 is 35.8 Å². The molecule has 2 rings (SSSR count). The molecule has 164 valence electrons. The van der Waals surface area contributed by atoms with Gasteiger partial charge in [-0.05, 0) is 38.0 Å². The number of carbonyl (C=O) groups is 1.